The van der Waals surface area contributed by atoms with E-state index in [0.717, 1.165) is 18.4 Å². The molecule has 4 atom stereocenters. The molecular formula is C14H22N2O4. The summed E-state index contributed by atoms with van der Waals surface area (Å²) in [5.74, 6) is 1.28. The molecule has 2 N–H and O–H groups in total. The summed E-state index contributed by atoms with van der Waals surface area (Å²) < 4.78 is 5.12. The molecule has 0 aromatic carbocycles. The Bertz CT molecular complexity index is 401. The van der Waals surface area contributed by atoms with E-state index in [2.05, 4.69) is 5.32 Å². The Labute approximate surface area is 118 Å². The fourth-order valence-electron chi connectivity index (χ4n) is 3.94. The number of nitrogens with zero attached hydrogens (tertiary/aromatic N) is 1. The fraction of sp³-hybridized carbons (Fsp3) is 0.857. The first-order valence-corrected chi connectivity index (χ1v) is 7.50. The smallest absolute Gasteiger partial charge is 0.334 e. The van der Waals surface area contributed by atoms with Gasteiger partial charge in [0, 0.05) is 13.1 Å². The van der Waals surface area contributed by atoms with Gasteiger partial charge in [0.25, 0.3) is 0 Å². The zero-order valence-electron chi connectivity index (χ0n) is 11.6. The number of carboxylic acid groups (broad SMARTS) is 1. The Morgan fingerprint density at radius 1 is 1.30 bits per heavy atom. The lowest BCUT2D eigenvalue weighted by molar-refractivity contribution is -0.154. The molecule has 2 aliphatic carbocycles. The van der Waals surface area contributed by atoms with Crippen LogP contribution in [0.15, 0.2) is 0 Å². The van der Waals surface area contributed by atoms with E-state index < -0.39 is 12.1 Å². The predicted molar refractivity (Wildman–Crippen MR) is 71.3 cm³/mol. The van der Waals surface area contributed by atoms with E-state index in [1.165, 1.54) is 25.7 Å². The summed E-state index contributed by atoms with van der Waals surface area (Å²) in [6.07, 6.45) is 4.35. The highest BCUT2D eigenvalue weighted by atomic mass is 16.5. The molecule has 1 aliphatic heterocycles. The number of amides is 2. The molecule has 1 heterocycles. The quantitative estimate of drug-likeness (QED) is 0.806. The van der Waals surface area contributed by atoms with Gasteiger partial charge in [0.2, 0.25) is 0 Å². The molecule has 0 aromatic heterocycles. The maximum atomic E-state index is 12.1. The van der Waals surface area contributed by atoms with Crippen molar-refractivity contribution in [3.63, 3.8) is 0 Å². The summed E-state index contributed by atoms with van der Waals surface area (Å²) in [6.45, 7) is 1.62. The molecule has 2 saturated carbocycles. The van der Waals surface area contributed by atoms with Gasteiger partial charge < -0.3 is 20.1 Å². The van der Waals surface area contributed by atoms with Crippen molar-refractivity contribution in [2.45, 2.75) is 31.8 Å². The van der Waals surface area contributed by atoms with Crippen LogP contribution in [-0.2, 0) is 9.53 Å². The van der Waals surface area contributed by atoms with Gasteiger partial charge in [-0.05, 0) is 37.0 Å². The number of carbonyl (C=O) groups excluding carboxylic acids is 1. The van der Waals surface area contributed by atoms with Crippen LogP contribution in [0.1, 0.15) is 25.7 Å². The molecule has 6 nitrogen and oxygen atoms in total. The minimum absolute atomic E-state index is 0.137. The van der Waals surface area contributed by atoms with E-state index in [4.69, 9.17) is 9.84 Å². The van der Waals surface area contributed by atoms with Gasteiger partial charge in [-0.3, -0.25) is 0 Å². The summed E-state index contributed by atoms with van der Waals surface area (Å²) in [6, 6.07) is -0.151. The number of carboxylic acids is 1. The van der Waals surface area contributed by atoms with Crippen LogP contribution in [0.25, 0.3) is 0 Å². The number of rotatable bonds is 3. The van der Waals surface area contributed by atoms with Crippen LogP contribution in [0.3, 0.4) is 0 Å². The van der Waals surface area contributed by atoms with Gasteiger partial charge in [0.05, 0.1) is 13.2 Å². The molecule has 2 amide bonds. The normalized spacial score (nSPS) is 36.1. The van der Waals surface area contributed by atoms with E-state index in [0.29, 0.717) is 19.1 Å². The van der Waals surface area contributed by atoms with Crippen molar-refractivity contribution in [1.82, 2.24) is 10.2 Å². The van der Waals surface area contributed by atoms with Crippen molar-refractivity contribution in [2.24, 2.45) is 17.8 Å². The third kappa shape index (κ3) is 2.75. The maximum Gasteiger partial charge on any atom is 0.334 e. The number of aliphatic carboxylic acids is 1. The van der Waals surface area contributed by atoms with Crippen LogP contribution in [0, 0.1) is 17.8 Å². The van der Waals surface area contributed by atoms with Crippen LogP contribution in [0.2, 0.25) is 0 Å². The van der Waals surface area contributed by atoms with E-state index in [1.807, 2.05) is 0 Å². The highest BCUT2D eigenvalue weighted by molar-refractivity contribution is 5.77. The van der Waals surface area contributed by atoms with Crippen LogP contribution in [0.5, 0.6) is 0 Å². The number of ether oxygens (including phenoxy) is 1. The molecule has 1 saturated heterocycles. The molecule has 112 valence electrons. The van der Waals surface area contributed by atoms with Gasteiger partial charge in [0.1, 0.15) is 0 Å². The summed E-state index contributed by atoms with van der Waals surface area (Å²) in [7, 11) is 0. The summed E-state index contributed by atoms with van der Waals surface area (Å²) in [5, 5.41) is 11.9. The van der Waals surface area contributed by atoms with Crippen LogP contribution < -0.4 is 5.32 Å². The second-order valence-corrected chi connectivity index (χ2v) is 6.26. The van der Waals surface area contributed by atoms with E-state index in [-0.39, 0.29) is 12.6 Å². The fourth-order valence-corrected chi connectivity index (χ4v) is 3.94. The first-order valence-electron chi connectivity index (χ1n) is 7.50. The largest absolute Gasteiger partial charge is 0.479 e. The second kappa shape index (κ2) is 5.60. The van der Waals surface area contributed by atoms with Crippen LogP contribution >= 0.6 is 0 Å². The molecule has 4 unspecified atom stereocenters. The first kappa shape index (κ1) is 13.7. The third-order valence-electron chi connectivity index (χ3n) is 5.03. The van der Waals surface area contributed by atoms with Gasteiger partial charge >= 0.3 is 12.0 Å². The molecule has 20 heavy (non-hydrogen) atoms. The van der Waals surface area contributed by atoms with Gasteiger partial charge in [-0.2, -0.15) is 0 Å². The standard InChI is InChI=1S/C14H22N2O4/c17-13(18)12-8-16(3-4-20-12)14(19)15-7-11-6-9-1-2-10(11)5-9/h9-12H,1-8H2,(H,15,19)(H,17,18). The monoisotopic (exact) mass is 282 g/mol. The lowest BCUT2D eigenvalue weighted by Crippen LogP contribution is -2.52. The molecular weight excluding hydrogens is 260 g/mol. The van der Waals surface area contributed by atoms with Crippen LogP contribution in [0.4, 0.5) is 4.79 Å². The maximum absolute atomic E-state index is 12.1. The Morgan fingerprint density at radius 2 is 2.15 bits per heavy atom. The molecule has 3 rings (SSSR count). The zero-order valence-corrected chi connectivity index (χ0v) is 11.6. The minimum atomic E-state index is -1.00. The highest BCUT2D eigenvalue weighted by Crippen LogP contribution is 2.47. The van der Waals surface area contributed by atoms with E-state index in [9.17, 15) is 9.59 Å². The molecule has 0 radical (unpaired) electrons. The number of hydrogen-bond acceptors (Lipinski definition) is 3. The third-order valence-corrected chi connectivity index (χ3v) is 5.03. The SMILES string of the molecule is O=C(O)C1CN(C(=O)NCC2CC3CCC2C3)CCO1. The van der Waals surface area contributed by atoms with Crippen molar-refractivity contribution >= 4 is 12.0 Å². The molecule has 0 spiro atoms. The Hall–Kier alpha value is -1.30. The Morgan fingerprint density at radius 3 is 2.80 bits per heavy atom. The molecule has 6 heteroatoms. The van der Waals surface area contributed by atoms with Gasteiger partial charge in [-0.25, -0.2) is 9.59 Å². The lowest BCUT2D eigenvalue weighted by atomic mass is 9.89. The predicted octanol–water partition coefficient (Wildman–Crippen LogP) is 0.918. The number of hydrogen-bond donors (Lipinski definition) is 2. The Kier molecular flexibility index (Phi) is 3.83. The highest BCUT2D eigenvalue weighted by Gasteiger charge is 2.39. The summed E-state index contributed by atoms with van der Waals surface area (Å²) >= 11 is 0. The summed E-state index contributed by atoms with van der Waals surface area (Å²) in [5.41, 5.74) is 0. The van der Waals surface area contributed by atoms with Crippen LogP contribution in [-0.4, -0.2) is 54.4 Å². The number of nitrogens with one attached hydrogen (secondary N) is 1. The molecule has 0 aromatic rings. The van der Waals surface area contributed by atoms with E-state index in [1.54, 1.807) is 4.90 Å². The van der Waals surface area contributed by atoms with E-state index >= 15 is 0 Å². The Balaban J connectivity index is 1.45. The lowest BCUT2D eigenvalue weighted by Gasteiger charge is -2.31. The summed E-state index contributed by atoms with van der Waals surface area (Å²) in [4.78, 5) is 24.5. The van der Waals surface area contributed by atoms with Crippen molar-refractivity contribution < 1.29 is 19.4 Å². The van der Waals surface area contributed by atoms with Gasteiger partial charge in [-0.1, -0.05) is 6.42 Å². The van der Waals surface area contributed by atoms with Crippen molar-refractivity contribution in [3.05, 3.63) is 0 Å². The topological polar surface area (TPSA) is 78.9 Å². The molecule has 3 fully saturated rings. The van der Waals surface area contributed by atoms with Gasteiger partial charge in [0.15, 0.2) is 6.10 Å². The van der Waals surface area contributed by atoms with Gasteiger partial charge in [-0.15, -0.1) is 0 Å². The first-order chi connectivity index (χ1) is 9.63. The van der Waals surface area contributed by atoms with Crippen molar-refractivity contribution in [2.75, 3.05) is 26.2 Å². The number of urea groups is 1. The number of carbonyl (C=O) groups is 2. The number of fused-ring (bicyclic) bond motifs is 2. The number of morpholine rings is 1. The van der Waals surface area contributed by atoms with Crippen molar-refractivity contribution in [3.8, 4) is 0 Å². The second-order valence-electron chi connectivity index (χ2n) is 6.26. The zero-order chi connectivity index (χ0) is 14.1. The molecule has 2 bridgehead atoms. The average Bonchev–Trinajstić information content (AvgIpc) is 3.07. The van der Waals surface area contributed by atoms with Crippen molar-refractivity contribution in [1.29, 1.82) is 0 Å². The minimum Gasteiger partial charge on any atom is -0.479 e. The average molecular weight is 282 g/mol. The molecule has 3 aliphatic rings.